The Bertz CT molecular complexity index is 849. The SMILES string of the molecule is CCc1nc2sc([C@@H](c3ccccc3)[NH+]3CCC(C)CC3)c(O)n2n1. The molecule has 3 aromatic rings. The van der Waals surface area contributed by atoms with E-state index in [1.807, 2.05) is 13.0 Å². The van der Waals surface area contributed by atoms with Crippen LogP contribution < -0.4 is 4.90 Å². The summed E-state index contributed by atoms with van der Waals surface area (Å²) in [5, 5.41) is 15.3. The van der Waals surface area contributed by atoms with E-state index < -0.39 is 0 Å². The van der Waals surface area contributed by atoms with Gasteiger partial charge in [-0.05, 0) is 18.8 Å². The van der Waals surface area contributed by atoms with Crippen molar-refractivity contribution < 1.29 is 10.0 Å². The number of aryl methyl sites for hydroxylation is 1. The number of quaternary nitrogens is 1. The summed E-state index contributed by atoms with van der Waals surface area (Å²) in [6.45, 7) is 6.63. The van der Waals surface area contributed by atoms with Gasteiger partial charge in [-0.2, -0.15) is 4.52 Å². The Hall–Kier alpha value is -1.92. The number of hydrogen-bond donors (Lipinski definition) is 2. The average Bonchev–Trinajstić information content (AvgIpc) is 3.18. The molecule has 0 amide bonds. The first-order valence-corrected chi connectivity index (χ1v) is 9.95. The lowest BCUT2D eigenvalue weighted by Gasteiger charge is -2.33. The fraction of sp³-hybridized carbons (Fsp3) is 0.474. The predicted octanol–water partition coefficient (Wildman–Crippen LogP) is 2.46. The number of aromatic hydroxyl groups is 1. The van der Waals surface area contributed by atoms with Crippen molar-refractivity contribution in [2.45, 2.75) is 39.2 Å². The van der Waals surface area contributed by atoms with E-state index in [1.54, 1.807) is 15.9 Å². The van der Waals surface area contributed by atoms with Crippen LogP contribution >= 0.6 is 11.3 Å². The minimum absolute atomic E-state index is 0.146. The van der Waals surface area contributed by atoms with Gasteiger partial charge in [-0.15, -0.1) is 5.10 Å². The summed E-state index contributed by atoms with van der Waals surface area (Å²) in [4.78, 5) is 7.84. The molecule has 1 aliphatic rings. The van der Waals surface area contributed by atoms with Gasteiger partial charge in [-0.25, -0.2) is 4.98 Å². The van der Waals surface area contributed by atoms with Gasteiger partial charge < -0.3 is 10.0 Å². The molecule has 0 aliphatic carbocycles. The van der Waals surface area contributed by atoms with Gasteiger partial charge in [0, 0.05) is 12.0 Å². The lowest BCUT2D eigenvalue weighted by atomic mass is 9.95. The Morgan fingerprint density at radius 2 is 2.00 bits per heavy atom. The first-order chi connectivity index (χ1) is 12.2. The molecule has 0 unspecified atom stereocenters. The average molecular weight is 358 g/mol. The highest BCUT2D eigenvalue weighted by Crippen LogP contribution is 2.35. The number of thiazole rings is 1. The Morgan fingerprint density at radius 3 is 2.64 bits per heavy atom. The first kappa shape index (κ1) is 16.5. The van der Waals surface area contributed by atoms with E-state index in [1.165, 1.54) is 23.3 Å². The summed E-state index contributed by atoms with van der Waals surface area (Å²) >= 11 is 1.58. The van der Waals surface area contributed by atoms with Gasteiger partial charge in [0.15, 0.2) is 11.9 Å². The zero-order valence-corrected chi connectivity index (χ0v) is 15.6. The van der Waals surface area contributed by atoms with Crippen LogP contribution in [0.25, 0.3) is 4.96 Å². The van der Waals surface area contributed by atoms with Crippen LogP contribution in [0.3, 0.4) is 0 Å². The molecule has 25 heavy (non-hydrogen) atoms. The number of benzene rings is 1. The van der Waals surface area contributed by atoms with E-state index in [9.17, 15) is 5.11 Å². The van der Waals surface area contributed by atoms with Gasteiger partial charge in [0.25, 0.3) is 0 Å². The second-order valence-corrected chi connectivity index (χ2v) is 8.06. The quantitative estimate of drug-likeness (QED) is 0.754. The van der Waals surface area contributed by atoms with E-state index in [-0.39, 0.29) is 11.9 Å². The third-order valence-electron chi connectivity index (χ3n) is 5.28. The van der Waals surface area contributed by atoms with Crippen LogP contribution in [0.2, 0.25) is 0 Å². The Morgan fingerprint density at radius 1 is 1.28 bits per heavy atom. The van der Waals surface area contributed by atoms with Gasteiger partial charge in [0.2, 0.25) is 10.8 Å². The molecule has 1 aromatic carbocycles. The molecule has 4 rings (SSSR count). The molecule has 2 aromatic heterocycles. The van der Waals surface area contributed by atoms with Crippen LogP contribution in [0.15, 0.2) is 30.3 Å². The third-order valence-corrected chi connectivity index (χ3v) is 6.36. The van der Waals surface area contributed by atoms with Crippen molar-refractivity contribution in [1.29, 1.82) is 0 Å². The van der Waals surface area contributed by atoms with Crippen molar-refractivity contribution in [3.05, 3.63) is 46.6 Å². The fourth-order valence-corrected chi connectivity index (χ4v) is 4.93. The van der Waals surface area contributed by atoms with Crippen molar-refractivity contribution in [2.24, 2.45) is 5.92 Å². The van der Waals surface area contributed by atoms with Crippen LogP contribution in [0.1, 0.15) is 49.0 Å². The third kappa shape index (κ3) is 3.04. The van der Waals surface area contributed by atoms with Gasteiger partial charge in [-0.3, -0.25) is 0 Å². The molecule has 5 nitrogen and oxygen atoms in total. The molecule has 0 radical (unpaired) electrons. The second kappa shape index (κ2) is 6.77. The van der Waals surface area contributed by atoms with Crippen molar-refractivity contribution in [3.8, 4) is 5.88 Å². The smallest absolute Gasteiger partial charge is 0.235 e. The summed E-state index contributed by atoms with van der Waals surface area (Å²) < 4.78 is 1.61. The zero-order valence-electron chi connectivity index (χ0n) is 14.8. The molecular formula is C19H25N4OS+. The van der Waals surface area contributed by atoms with Crippen molar-refractivity contribution in [1.82, 2.24) is 14.6 Å². The van der Waals surface area contributed by atoms with Gasteiger partial charge in [0.1, 0.15) is 4.88 Å². The lowest BCUT2D eigenvalue weighted by molar-refractivity contribution is -0.931. The minimum atomic E-state index is 0.146. The van der Waals surface area contributed by atoms with Gasteiger partial charge >= 0.3 is 0 Å². The van der Waals surface area contributed by atoms with E-state index in [4.69, 9.17) is 0 Å². The number of likely N-dealkylation sites (tertiary alicyclic amines) is 1. The maximum absolute atomic E-state index is 10.9. The summed E-state index contributed by atoms with van der Waals surface area (Å²) in [6, 6.07) is 10.7. The van der Waals surface area contributed by atoms with Crippen molar-refractivity contribution in [3.63, 3.8) is 0 Å². The van der Waals surface area contributed by atoms with Crippen molar-refractivity contribution >= 4 is 16.3 Å². The normalized spacial score (nSPS) is 22.3. The zero-order chi connectivity index (χ0) is 17.4. The highest BCUT2D eigenvalue weighted by molar-refractivity contribution is 7.17. The van der Waals surface area contributed by atoms with E-state index >= 15 is 0 Å². The second-order valence-electron chi connectivity index (χ2n) is 7.05. The molecule has 3 heterocycles. The van der Waals surface area contributed by atoms with Crippen LogP contribution in [0, 0.1) is 5.92 Å². The van der Waals surface area contributed by atoms with Crippen LogP contribution in [-0.4, -0.2) is 32.8 Å². The summed E-state index contributed by atoms with van der Waals surface area (Å²) in [7, 11) is 0. The molecule has 2 N–H and O–H groups in total. The molecule has 1 atom stereocenters. The Labute approximate surface area is 151 Å². The van der Waals surface area contributed by atoms with Crippen LogP contribution in [0.5, 0.6) is 5.88 Å². The summed E-state index contributed by atoms with van der Waals surface area (Å²) in [5.41, 5.74) is 1.25. The maximum atomic E-state index is 10.9. The van der Waals surface area contributed by atoms with Gasteiger partial charge in [-0.1, -0.05) is 55.5 Å². The fourth-order valence-electron chi connectivity index (χ4n) is 3.77. The number of aromatic nitrogens is 3. The standard InChI is InChI=1S/C19H24N4OS/c1-3-15-20-19-23(21-15)18(24)17(25-19)16(14-7-5-4-6-8-14)22-11-9-13(2)10-12-22/h4-8,13,16,24H,3,9-12H2,1-2H3/p+1/t16-/m1/s1. The highest BCUT2D eigenvalue weighted by Gasteiger charge is 2.34. The highest BCUT2D eigenvalue weighted by atomic mass is 32.1. The van der Waals surface area contributed by atoms with E-state index in [2.05, 4.69) is 41.3 Å². The molecule has 1 aliphatic heterocycles. The molecule has 1 fully saturated rings. The number of piperidine rings is 1. The number of nitrogens with one attached hydrogen (secondary N) is 1. The maximum Gasteiger partial charge on any atom is 0.235 e. The van der Waals surface area contributed by atoms with E-state index in [0.29, 0.717) is 0 Å². The number of hydrogen-bond acceptors (Lipinski definition) is 4. The lowest BCUT2D eigenvalue weighted by Crippen LogP contribution is -3.13. The van der Waals surface area contributed by atoms with Gasteiger partial charge in [0.05, 0.1) is 13.1 Å². The summed E-state index contributed by atoms with van der Waals surface area (Å²) in [6.07, 6.45) is 3.25. The molecular weight excluding hydrogens is 332 g/mol. The number of nitrogens with zero attached hydrogens (tertiary/aromatic N) is 3. The van der Waals surface area contributed by atoms with Crippen molar-refractivity contribution in [2.75, 3.05) is 13.1 Å². The number of fused-ring (bicyclic) bond motifs is 1. The monoisotopic (exact) mass is 357 g/mol. The molecule has 1 saturated heterocycles. The minimum Gasteiger partial charge on any atom is -0.492 e. The number of rotatable bonds is 4. The largest absolute Gasteiger partial charge is 0.492 e. The first-order valence-electron chi connectivity index (χ1n) is 9.14. The molecule has 6 heteroatoms. The molecule has 0 spiro atoms. The Balaban J connectivity index is 1.78. The molecule has 0 saturated carbocycles. The topological polar surface area (TPSA) is 54.9 Å². The van der Waals surface area contributed by atoms with E-state index in [0.717, 1.165) is 41.1 Å². The molecule has 132 valence electrons. The Kier molecular flexibility index (Phi) is 4.48. The van der Waals surface area contributed by atoms with Crippen LogP contribution in [-0.2, 0) is 6.42 Å². The predicted molar refractivity (Wildman–Crippen MR) is 99.3 cm³/mol. The summed E-state index contributed by atoms with van der Waals surface area (Å²) in [5.74, 6) is 1.83. The van der Waals surface area contributed by atoms with Crippen LogP contribution in [0.4, 0.5) is 0 Å². The molecule has 0 bridgehead atoms.